The van der Waals surface area contributed by atoms with Gasteiger partial charge in [0.25, 0.3) is 0 Å². The normalized spacial score (nSPS) is 14.0. The molecule has 0 amide bonds. The van der Waals surface area contributed by atoms with Crippen molar-refractivity contribution in [3.8, 4) is 67.7 Å². The van der Waals surface area contributed by atoms with E-state index in [1.807, 2.05) is 12.1 Å². The SMILES string of the molecule is CC1(C)c2ccccc2C2(c3ccccc3Oc3c(-c4ccc(-c5cc(-c6ccccc6)nc(-c6ccc(-c7ccccc7)cc6)n5)cc4)cccc32)c2ccccc21. The molecular weight excluding hydrogens is 717 g/mol. The van der Waals surface area contributed by atoms with Crippen LogP contribution in [0, 0.1) is 0 Å². The first-order chi connectivity index (χ1) is 29.0. The molecule has 0 N–H and O–H groups in total. The molecule has 1 spiro atoms. The summed E-state index contributed by atoms with van der Waals surface area (Å²) >= 11 is 0. The van der Waals surface area contributed by atoms with E-state index in [1.54, 1.807) is 0 Å². The van der Waals surface area contributed by atoms with Crippen molar-refractivity contribution in [2.75, 3.05) is 0 Å². The van der Waals surface area contributed by atoms with Gasteiger partial charge >= 0.3 is 0 Å². The number of hydrogen-bond donors (Lipinski definition) is 0. The van der Waals surface area contributed by atoms with Crippen LogP contribution < -0.4 is 4.74 Å². The molecule has 2 aliphatic rings. The third-order valence-corrected chi connectivity index (χ3v) is 12.5. The molecule has 2 heterocycles. The Bertz CT molecular complexity index is 2970. The Morgan fingerprint density at radius 2 is 0.797 bits per heavy atom. The van der Waals surface area contributed by atoms with Crippen LogP contribution in [0.4, 0.5) is 0 Å². The summed E-state index contributed by atoms with van der Waals surface area (Å²) in [6.45, 7) is 4.71. The van der Waals surface area contributed by atoms with Gasteiger partial charge in [-0.1, -0.05) is 208 Å². The molecule has 0 bridgehead atoms. The van der Waals surface area contributed by atoms with Crippen LogP contribution in [-0.4, -0.2) is 9.97 Å². The summed E-state index contributed by atoms with van der Waals surface area (Å²) in [7, 11) is 0. The van der Waals surface area contributed by atoms with Gasteiger partial charge in [-0.2, -0.15) is 0 Å². The van der Waals surface area contributed by atoms with Crippen LogP contribution >= 0.6 is 0 Å². The van der Waals surface area contributed by atoms with E-state index in [0.29, 0.717) is 5.82 Å². The summed E-state index contributed by atoms with van der Waals surface area (Å²) in [5, 5.41) is 0. The number of nitrogens with zero attached hydrogens (tertiary/aromatic N) is 2. The molecule has 1 aliphatic heterocycles. The van der Waals surface area contributed by atoms with Crippen molar-refractivity contribution in [3.05, 3.63) is 240 Å². The maximum atomic E-state index is 7.03. The van der Waals surface area contributed by atoms with E-state index in [0.717, 1.165) is 61.8 Å². The van der Waals surface area contributed by atoms with Crippen LogP contribution in [-0.2, 0) is 10.8 Å². The minimum Gasteiger partial charge on any atom is -0.456 e. The van der Waals surface area contributed by atoms with Crippen molar-refractivity contribution < 1.29 is 4.74 Å². The van der Waals surface area contributed by atoms with Gasteiger partial charge in [0.05, 0.1) is 16.8 Å². The molecule has 0 atom stereocenters. The summed E-state index contributed by atoms with van der Waals surface area (Å²) in [4.78, 5) is 10.3. The number of hydrogen-bond acceptors (Lipinski definition) is 3. The standard InChI is InChI=1S/C56H40N2O/c1-55(2)44-21-9-11-23-46(44)56(47-24-12-10-22-45(47)55)48-25-13-14-27-52(48)59-53-43(20-15-26-49(53)56)39-30-32-41(33-31-39)51-36-50(40-18-7-4-8-19-40)57-54(58-51)42-34-28-38(29-35-42)37-16-5-3-6-17-37/h3-36H,1-2H3. The molecule has 1 aromatic heterocycles. The number of fused-ring (bicyclic) bond motifs is 8. The fourth-order valence-electron chi connectivity index (χ4n) is 9.61. The van der Waals surface area contributed by atoms with Gasteiger partial charge in [0.15, 0.2) is 5.82 Å². The van der Waals surface area contributed by atoms with E-state index in [-0.39, 0.29) is 5.41 Å². The Morgan fingerprint density at radius 1 is 0.356 bits per heavy atom. The van der Waals surface area contributed by atoms with Gasteiger partial charge in [-0.05, 0) is 51.1 Å². The maximum absolute atomic E-state index is 7.03. The highest BCUT2D eigenvalue weighted by molar-refractivity contribution is 5.83. The predicted molar refractivity (Wildman–Crippen MR) is 240 cm³/mol. The van der Waals surface area contributed by atoms with Crippen molar-refractivity contribution in [2.45, 2.75) is 24.7 Å². The lowest BCUT2D eigenvalue weighted by atomic mass is 9.53. The summed E-state index contributed by atoms with van der Waals surface area (Å²) in [6, 6.07) is 73.4. The average Bonchev–Trinajstić information content (AvgIpc) is 3.31. The third kappa shape index (κ3) is 5.50. The number of para-hydroxylation sites is 2. The highest BCUT2D eigenvalue weighted by Crippen LogP contribution is 2.62. The van der Waals surface area contributed by atoms with Crippen molar-refractivity contribution in [1.29, 1.82) is 0 Å². The van der Waals surface area contributed by atoms with Crippen LogP contribution in [0.25, 0.3) is 56.2 Å². The molecule has 3 heteroatoms. The lowest BCUT2D eigenvalue weighted by molar-refractivity contribution is 0.427. The van der Waals surface area contributed by atoms with Gasteiger partial charge in [0, 0.05) is 38.8 Å². The van der Waals surface area contributed by atoms with Crippen molar-refractivity contribution in [2.24, 2.45) is 0 Å². The molecule has 3 nitrogen and oxygen atoms in total. The third-order valence-electron chi connectivity index (χ3n) is 12.5. The fourth-order valence-corrected chi connectivity index (χ4v) is 9.61. The lowest BCUT2D eigenvalue weighted by Gasteiger charge is -2.50. The van der Waals surface area contributed by atoms with Gasteiger partial charge in [-0.3, -0.25) is 0 Å². The monoisotopic (exact) mass is 756 g/mol. The Morgan fingerprint density at radius 3 is 1.42 bits per heavy atom. The molecule has 0 saturated carbocycles. The molecule has 0 unspecified atom stereocenters. The number of rotatable bonds is 5. The van der Waals surface area contributed by atoms with E-state index >= 15 is 0 Å². The number of benzene rings is 8. The van der Waals surface area contributed by atoms with E-state index in [2.05, 4.69) is 208 Å². The minimum absolute atomic E-state index is 0.174. The van der Waals surface area contributed by atoms with E-state index in [1.165, 1.54) is 33.4 Å². The largest absolute Gasteiger partial charge is 0.456 e. The van der Waals surface area contributed by atoms with Crippen LogP contribution in [0.3, 0.4) is 0 Å². The fraction of sp³-hybridized carbons (Fsp3) is 0.0714. The van der Waals surface area contributed by atoms with Crippen LogP contribution in [0.1, 0.15) is 47.2 Å². The smallest absolute Gasteiger partial charge is 0.160 e. The van der Waals surface area contributed by atoms with E-state index in [9.17, 15) is 0 Å². The average molecular weight is 757 g/mol. The highest BCUT2D eigenvalue weighted by Gasteiger charge is 2.53. The zero-order valence-electron chi connectivity index (χ0n) is 32.9. The number of aromatic nitrogens is 2. The Kier molecular flexibility index (Phi) is 8.06. The molecule has 59 heavy (non-hydrogen) atoms. The quantitative estimate of drug-likeness (QED) is 0.175. The molecule has 1 aliphatic carbocycles. The molecular formula is C56H40N2O. The second kappa shape index (κ2) is 13.6. The Labute approximate surface area is 345 Å². The zero-order valence-corrected chi connectivity index (χ0v) is 32.9. The molecule has 11 rings (SSSR count). The summed E-state index contributed by atoms with van der Waals surface area (Å²) < 4.78 is 7.03. The summed E-state index contributed by atoms with van der Waals surface area (Å²) in [6.07, 6.45) is 0. The first kappa shape index (κ1) is 34.9. The van der Waals surface area contributed by atoms with Crippen LogP contribution in [0.2, 0.25) is 0 Å². The van der Waals surface area contributed by atoms with Crippen molar-refractivity contribution >= 4 is 0 Å². The maximum Gasteiger partial charge on any atom is 0.160 e. The summed E-state index contributed by atoms with van der Waals surface area (Å²) in [5.74, 6) is 2.46. The van der Waals surface area contributed by atoms with Crippen LogP contribution in [0.5, 0.6) is 11.5 Å². The minimum atomic E-state index is -0.562. The van der Waals surface area contributed by atoms with Gasteiger partial charge in [-0.25, -0.2) is 9.97 Å². The topological polar surface area (TPSA) is 35.0 Å². The number of ether oxygens (including phenoxy) is 1. The summed E-state index contributed by atoms with van der Waals surface area (Å²) in [5.41, 5.74) is 16.1. The van der Waals surface area contributed by atoms with Crippen LogP contribution in [0.15, 0.2) is 206 Å². The molecule has 280 valence electrons. The van der Waals surface area contributed by atoms with Crippen molar-refractivity contribution in [3.63, 3.8) is 0 Å². The second-order valence-electron chi connectivity index (χ2n) is 16.1. The lowest BCUT2D eigenvalue weighted by Crippen LogP contribution is -2.43. The first-order valence-electron chi connectivity index (χ1n) is 20.3. The van der Waals surface area contributed by atoms with Gasteiger partial charge < -0.3 is 4.74 Å². The molecule has 9 aromatic rings. The Balaban J connectivity index is 1.04. The molecule has 0 saturated heterocycles. The Hall–Kier alpha value is -7.36. The van der Waals surface area contributed by atoms with Gasteiger partial charge in [-0.15, -0.1) is 0 Å². The molecule has 0 fully saturated rings. The second-order valence-corrected chi connectivity index (χ2v) is 16.1. The predicted octanol–water partition coefficient (Wildman–Crippen LogP) is 13.9. The van der Waals surface area contributed by atoms with Gasteiger partial charge in [0.1, 0.15) is 11.5 Å². The molecule has 0 radical (unpaired) electrons. The van der Waals surface area contributed by atoms with E-state index < -0.39 is 5.41 Å². The van der Waals surface area contributed by atoms with E-state index in [4.69, 9.17) is 14.7 Å². The van der Waals surface area contributed by atoms with Gasteiger partial charge in [0.2, 0.25) is 0 Å². The zero-order chi connectivity index (χ0) is 39.6. The highest BCUT2D eigenvalue weighted by atomic mass is 16.5. The van der Waals surface area contributed by atoms with Crippen molar-refractivity contribution in [1.82, 2.24) is 9.97 Å². The molecule has 8 aromatic carbocycles. The first-order valence-corrected chi connectivity index (χ1v) is 20.3.